The van der Waals surface area contributed by atoms with Gasteiger partial charge in [-0.2, -0.15) is 5.26 Å². The molecule has 100 valence electrons. The maximum absolute atomic E-state index is 8.93. The molecule has 0 atom stereocenters. The second-order valence-corrected chi connectivity index (χ2v) is 5.51. The van der Waals surface area contributed by atoms with Gasteiger partial charge in [-0.3, -0.25) is 0 Å². The van der Waals surface area contributed by atoms with Crippen LogP contribution in [0.5, 0.6) is 5.75 Å². The topological polar surface area (TPSA) is 36.3 Å². The van der Waals surface area contributed by atoms with Gasteiger partial charge in [-0.25, -0.2) is 0 Å². The highest BCUT2D eigenvalue weighted by atomic mass is 79.9. The number of halogens is 1. The number of fused-ring (bicyclic) bond motifs is 1. The van der Waals surface area contributed by atoms with Crippen molar-refractivity contribution in [3.05, 3.63) is 58.1 Å². The number of nitrogens with zero attached hydrogens (tertiary/aromatic N) is 2. The van der Waals surface area contributed by atoms with Gasteiger partial charge in [-0.1, -0.05) is 18.2 Å². The van der Waals surface area contributed by atoms with Crippen molar-refractivity contribution in [3.63, 3.8) is 0 Å². The lowest BCUT2D eigenvalue weighted by Crippen LogP contribution is -2.25. The van der Waals surface area contributed by atoms with Crippen molar-refractivity contribution in [2.45, 2.75) is 6.54 Å². The van der Waals surface area contributed by atoms with Gasteiger partial charge in [-0.05, 0) is 40.2 Å². The summed E-state index contributed by atoms with van der Waals surface area (Å²) in [6, 6.07) is 15.9. The summed E-state index contributed by atoms with van der Waals surface area (Å²) in [5.74, 6) is 0.958. The molecule has 2 aromatic carbocycles. The minimum atomic E-state index is 0.656. The van der Waals surface area contributed by atoms with Crippen molar-refractivity contribution in [2.75, 3.05) is 18.1 Å². The standard InChI is InChI=1S/C16H13BrN2O/c17-14-9-12(10-18)5-6-15(14)19-7-8-20-16-4-2-1-3-13(16)11-19/h1-6,9H,7-8,11H2. The van der Waals surface area contributed by atoms with Crippen LogP contribution in [0.15, 0.2) is 46.9 Å². The molecule has 0 N–H and O–H groups in total. The summed E-state index contributed by atoms with van der Waals surface area (Å²) in [6.07, 6.45) is 0. The molecule has 4 heteroatoms. The van der Waals surface area contributed by atoms with Gasteiger partial charge in [0.15, 0.2) is 0 Å². The summed E-state index contributed by atoms with van der Waals surface area (Å²) < 4.78 is 6.72. The van der Waals surface area contributed by atoms with Crippen LogP contribution in [0.3, 0.4) is 0 Å². The largest absolute Gasteiger partial charge is 0.491 e. The van der Waals surface area contributed by atoms with Gasteiger partial charge in [0, 0.05) is 16.6 Å². The van der Waals surface area contributed by atoms with Gasteiger partial charge in [0.2, 0.25) is 0 Å². The highest BCUT2D eigenvalue weighted by Crippen LogP contribution is 2.31. The molecule has 0 aliphatic carbocycles. The number of para-hydroxylation sites is 1. The monoisotopic (exact) mass is 328 g/mol. The summed E-state index contributed by atoms with van der Waals surface area (Å²) in [4.78, 5) is 2.26. The third-order valence-corrected chi connectivity index (χ3v) is 4.01. The van der Waals surface area contributed by atoms with Crippen LogP contribution in [0.2, 0.25) is 0 Å². The van der Waals surface area contributed by atoms with Crippen LogP contribution in [0.25, 0.3) is 0 Å². The van der Waals surface area contributed by atoms with E-state index < -0.39 is 0 Å². The van der Waals surface area contributed by atoms with E-state index >= 15 is 0 Å². The fraction of sp³-hybridized carbons (Fsp3) is 0.188. The van der Waals surface area contributed by atoms with Crippen molar-refractivity contribution in [1.82, 2.24) is 0 Å². The summed E-state index contributed by atoms with van der Waals surface area (Å²) >= 11 is 3.56. The van der Waals surface area contributed by atoms with E-state index in [9.17, 15) is 0 Å². The van der Waals surface area contributed by atoms with Gasteiger partial charge >= 0.3 is 0 Å². The lowest BCUT2D eigenvalue weighted by atomic mass is 10.1. The van der Waals surface area contributed by atoms with Crippen molar-refractivity contribution >= 4 is 21.6 Å². The van der Waals surface area contributed by atoms with E-state index in [4.69, 9.17) is 10.00 Å². The van der Waals surface area contributed by atoms with Crippen LogP contribution < -0.4 is 9.64 Å². The van der Waals surface area contributed by atoms with Crippen molar-refractivity contribution in [1.29, 1.82) is 5.26 Å². The third-order valence-electron chi connectivity index (χ3n) is 3.37. The second kappa shape index (κ2) is 5.56. The Hall–Kier alpha value is -1.99. The molecule has 0 bridgehead atoms. The lowest BCUT2D eigenvalue weighted by molar-refractivity contribution is 0.331. The number of ether oxygens (including phenoxy) is 1. The van der Waals surface area contributed by atoms with Crippen LogP contribution in [0.4, 0.5) is 5.69 Å². The number of hydrogen-bond acceptors (Lipinski definition) is 3. The van der Waals surface area contributed by atoms with Gasteiger partial charge in [0.25, 0.3) is 0 Å². The van der Waals surface area contributed by atoms with E-state index in [1.807, 2.05) is 36.4 Å². The van der Waals surface area contributed by atoms with Crippen molar-refractivity contribution in [2.24, 2.45) is 0 Å². The summed E-state index contributed by atoms with van der Waals surface area (Å²) in [5, 5.41) is 8.93. The Labute approximate surface area is 126 Å². The van der Waals surface area contributed by atoms with Crippen LogP contribution in [-0.2, 0) is 6.54 Å². The van der Waals surface area contributed by atoms with E-state index in [1.54, 1.807) is 0 Å². The lowest BCUT2D eigenvalue weighted by Gasteiger charge is -2.23. The number of nitriles is 1. The normalized spacial score (nSPS) is 13.9. The molecule has 3 rings (SSSR count). The van der Waals surface area contributed by atoms with E-state index in [0.29, 0.717) is 12.2 Å². The highest BCUT2D eigenvalue weighted by molar-refractivity contribution is 9.10. The fourth-order valence-electron chi connectivity index (χ4n) is 2.36. The zero-order valence-corrected chi connectivity index (χ0v) is 12.4. The van der Waals surface area contributed by atoms with Crippen LogP contribution >= 0.6 is 15.9 Å². The van der Waals surface area contributed by atoms with Gasteiger partial charge < -0.3 is 9.64 Å². The summed E-state index contributed by atoms with van der Waals surface area (Å²) in [6.45, 7) is 2.28. The number of hydrogen-bond donors (Lipinski definition) is 0. The Morgan fingerprint density at radius 2 is 2.05 bits per heavy atom. The molecule has 3 nitrogen and oxygen atoms in total. The molecule has 0 spiro atoms. The van der Waals surface area contributed by atoms with E-state index in [1.165, 1.54) is 5.56 Å². The average Bonchev–Trinajstić information content (AvgIpc) is 2.69. The first-order valence-electron chi connectivity index (χ1n) is 6.43. The smallest absolute Gasteiger partial charge is 0.124 e. The second-order valence-electron chi connectivity index (χ2n) is 4.66. The molecule has 1 heterocycles. The minimum Gasteiger partial charge on any atom is -0.491 e. The highest BCUT2D eigenvalue weighted by Gasteiger charge is 2.17. The molecular weight excluding hydrogens is 316 g/mol. The molecule has 0 saturated carbocycles. The molecule has 2 aromatic rings. The Bertz CT molecular complexity index is 678. The maximum Gasteiger partial charge on any atom is 0.124 e. The molecule has 1 aliphatic rings. The molecule has 20 heavy (non-hydrogen) atoms. The van der Waals surface area contributed by atoms with Crippen molar-refractivity contribution in [3.8, 4) is 11.8 Å². The summed E-state index contributed by atoms with van der Waals surface area (Å²) in [5.41, 5.74) is 2.93. The first kappa shape index (κ1) is 13.0. The van der Waals surface area contributed by atoms with Crippen molar-refractivity contribution < 1.29 is 4.74 Å². The van der Waals surface area contributed by atoms with Crippen LogP contribution in [0, 0.1) is 11.3 Å². The molecule has 0 aromatic heterocycles. The Morgan fingerprint density at radius 3 is 2.85 bits per heavy atom. The van der Waals surface area contributed by atoms with Gasteiger partial charge in [0.05, 0.1) is 23.9 Å². The number of rotatable bonds is 1. The molecular formula is C16H13BrN2O. The Kier molecular flexibility index (Phi) is 3.62. The first-order valence-corrected chi connectivity index (χ1v) is 7.22. The SMILES string of the molecule is N#Cc1ccc(N2CCOc3ccccc3C2)c(Br)c1. The minimum absolute atomic E-state index is 0.656. The van der Waals surface area contributed by atoms with Crippen LogP contribution in [-0.4, -0.2) is 13.2 Å². The third kappa shape index (κ3) is 2.50. The number of anilines is 1. The maximum atomic E-state index is 8.93. The average molecular weight is 329 g/mol. The number of benzene rings is 2. The summed E-state index contributed by atoms with van der Waals surface area (Å²) in [7, 11) is 0. The molecule has 0 amide bonds. The van der Waals surface area contributed by atoms with E-state index in [2.05, 4.69) is 33.0 Å². The fourth-order valence-corrected chi connectivity index (χ4v) is 2.99. The molecule has 0 fully saturated rings. The molecule has 0 radical (unpaired) electrons. The molecule has 0 unspecified atom stereocenters. The van der Waals surface area contributed by atoms with Gasteiger partial charge in [-0.15, -0.1) is 0 Å². The molecule has 0 saturated heterocycles. The quantitative estimate of drug-likeness (QED) is 0.800. The zero-order chi connectivity index (χ0) is 13.9. The Balaban J connectivity index is 1.94. The molecule has 1 aliphatic heterocycles. The predicted molar refractivity (Wildman–Crippen MR) is 81.8 cm³/mol. The first-order chi connectivity index (χ1) is 9.78. The Morgan fingerprint density at radius 1 is 1.20 bits per heavy atom. The van der Waals surface area contributed by atoms with E-state index in [-0.39, 0.29) is 0 Å². The van der Waals surface area contributed by atoms with E-state index in [0.717, 1.165) is 29.0 Å². The van der Waals surface area contributed by atoms with Gasteiger partial charge in [0.1, 0.15) is 12.4 Å². The zero-order valence-electron chi connectivity index (χ0n) is 10.8. The predicted octanol–water partition coefficient (Wildman–Crippen LogP) is 3.72. The van der Waals surface area contributed by atoms with Crippen LogP contribution in [0.1, 0.15) is 11.1 Å².